The average Bonchev–Trinajstić information content (AvgIpc) is 3.15. The quantitative estimate of drug-likeness (QED) is 0.155. The lowest BCUT2D eigenvalue weighted by atomic mass is 9.98. The summed E-state index contributed by atoms with van der Waals surface area (Å²) >= 11 is 0. The summed E-state index contributed by atoms with van der Waals surface area (Å²) in [7, 11) is 0. The van der Waals surface area contributed by atoms with Crippen molar-refractivity contribution in [2.24, 2.45) is 0 Å². The topological polar surface area (TPSA) is 62.7 Å². The van der Waals surface area contributed by atoms with Gasteiger partial charge in [-0.05, 0) is 39.6 Å². The molecule has 0 saturated heterocycles. The third kappa shape index (κ3) is 6.88. The monoisotopic (exact) mass is 628 g/mol. The smallest absolute Gasteiger partial charge is 0.255 e. The molecule has 7 rings (SSSR count). The van der Waals surface area contributed by atoms with E-state index in [2.05, 4.69) is 18.2 Å². The molecule has 5 nitrogen and oxygen atoms in total. The number of carbonyl (C=O) groups excluding carboxylic acids is 1. The molecule has 1 atom stereocenters. The molecule has 0 aliphatic rings. The molecule has 0 saturated carbocycles. The van der Waals surface area contributed by atoms with Crippen LogP contribution >= 0.6 is 0 Å². The van der Waals surface area contributed by atoms with Crippen molar-refractivity contribution in [3.05, 3.63) is 186 Å². The molecular weight excluding hydrogens is 592 g/mol. The van der Waals surface area contributed by atoms with Gasteiger partial charge >= 0.3 is 0 Å². The molecule has 48 heavy (non-hydrogen) atoms. The molecule has 1 unspecified atom stereocenters. The second-order valence-corrected chi connectivity index (χ2v) is 12.0. The van der Waals surface area contributed by atoms with Crippen molar-refractivity contribution >= 4 is 27.6 Å². The minimum Gasteiger partial charge on any atom is -0.389 e. The van der Waals surface area contributed by atoms with Gasteiger partial charge in [0.05, 0.1) is 29.5 Å². The van der Waals surface area contributed by atoms with Crippen LogP contribution in [0.5, 0.6) is 0 Å². The second kappa shape index (κ2) is 14.4. The van der Waals surface area contributed by atoms with Crippen LogP contribution in [0, 0.1) is 0 Å². The number of ether oxygens (including phenoxy) is 1. The van der Waals surface area contributed by atoms with Gasteiger partial charge in [-0.2, -0.15) is 0 Å². The van der Waals surface area contributed by atoms with Crippen molar-refractivity contribution in [2.75, 3.05) is 13.2 Å². The van der Waals surface area contributed by atoms with Crippen molar-refractivity contribution < 1.29 is 14.6 Å². The molecular formula is C43H36N2O3. The molecule has 0 fully saturated rings. The Labute approximate surface area is 280 Å². The number of aliphatic hydroxyl groups excluding tert-OH is 1. The fourth-order valence-corrected chi connectivity index (χ4v) is 6.29. The number of carbonyl (C=O) groups is 1. The molecule has 236 valence electrons. The Bertz CT molecular complexity index is 2090. The second-order valence-electron chi connectivity index (χ2n) is 12.0. The molecule has 5 heteroatoms. The van der Waals surface area contributed by atoms with E-state index in [4.69, 9.17) is 9.72 Å². The van der Waals surface area contributed by atoms with Gasteiger partial charge < -0.3 is 14.7 Å². The molecule has 1 aromatic heterocycles. The van der Waals surface area contributed by atoms with E-state index in [1.165, 1.54) is 0 Å². The number of aromatic nitrogens is 1. The van der Waals surface area contributed by atoms with E-state index in [9.17, 15) is 9.90 Å². The maximum absolute atomic E-state index is 14.7. The normalized spacial score (nSPS) is 12.0. The van der Waals surface area contributed by atoms with Crippen LogP contribution in [0.1, 0.15) is 33.2 Å². The van der Waals surface area contributed by atoms with E-state index >= 15 is 0 Å². The summed E-state index contributed by atoms with van der Waals surface area (Å²) in [5.41, 5.74) is 5.94. The van der Waals surface area contributed by atoms with Gasteiger partial charge in [-0.3, -0.25) is 4.79 Å². The fourth-order valence-electron chi connectivity index (χ4n) is 6.29. The Kier molecular flexibility index (Phi) is 9.32. The number of pyridine rings is 1. The van der Waals surface area contributed by atoms with Crippen LogP contribution in [0.3, 0.4) is 0 Å². The third-order valence-electron chi connectivity index (χ3n) is 8.61. The highest BCUT2D eigenvalue weighted by molar-refractivity contribution is 6.08. The maximum Gasteiger partial charge on any atom is 0.255 e. The fraction of sp³-hybridized carbons (Fsp3) is 0.116. The number of fused-ring (bicyclic) bond motifs is 2. The first-order valence-electron chi connectivity index (χ1n) is 16.2. The van der Waals surface area contributed by atoms with Crippen molar-refractivity contribution in [2.45, 2.75) is 18.8 Å². The van der Waals surface area contributed by atoms with Gasteiger partial charge in [-0.15, -0.1) is 0 Å². The molecule has 1 heterocycles. The zero-order chi connectivity index (χ0) is 32.7. The van der Waals surface area contributed by atoms with Crippen molar-refractivity contribution in [3.8, 4) is 11.3 Å². The standard InChI is InChI=1S/C43H36N2O3/c46-35(30-48-42(33-18-6-2-7-19-33)34-20-8-3-9-21-34)29-45(28-31-15-4-1-5-16-31)43(47)39-27-41(44-40-26-13-12-24-38(39)40)37-25-14-22-32-17-10-11-23-36(32)37/h1-27,35,42,46H,28-30H2. The summed E-state index contributed by atoms with van der Waals surface area (Å²) in [6.07, 6.45) is -1.29. The first-order valence-corrected chi connectivity index (χ1v) is 16.2. The van der Waals surface area contributed by atoms with Crippen LogP contribution in [-0.2, 0) is 11.3 Å². The Morgan fingerprint density at radius 1 is 0.667 bits per heavy atom. The molecule has 0 spiro atoms. The van der Waals surface area contributed by atoms with Crippen LogP contribution < -0.4 is 0 Å². The lowest BCUT2D eigenvalue weighted by Crippen LogP contribution is -2.39. The van der Waals surface area contributed by atoms with Crippen molar-refractivity contribution in [1.82, 2.24) is 9.88 Å². The Hall–Kier alpha value is -5.62. The number of nitrogens with zero attached hydrogens (tertiary/aromatic N) is 2. The number of hydrogen-bond donors (Lipinski definition) is 1. The first-order chi connectivity index (χ1) is 23.6. The number of hydrogen-bond acceptors (Lipinski definition) is 4. The predicted octanol–water partition coefficient (Wildman–Crippen LogP) is 8.86. The Morgan fingerprint density at radius 2 is 1.25 bits per heavy atom. The van der Waals surface area contributed by atoms with Crippen molar-refractivity contribution in [1.29, 1.82) is 0 Å². The molecule has 0 radical (unpaired) electrons. The van der Waals surface area contributed by atoms with E-state index in [0.717, 1.165) is 49.6 Å². The van der Waals surface area contributed by atoms with E-state index in [1.807, 2.05) is 146 Å². The number of para-hydroxylation sites is 1. The van der Waals surface area contributed by atoms with Crippen LogP contribution in [0.25, 0.3) is 32.9 Å². The molecule has 0 bridgehead atoms. The third-order valence-corrected chi connectivity index (χ3v) is 8.61. The highest BCUT2D eigenvalue weighted by Crippen LogP contribution is 2.32. The van der Waals surface area contributed by atoms with Crippen molar-refractivity contribution in [3.63, 3.8) is 0 Å². The van der Waals surface area contributed by atoms with Gasteiger partial charge in [-0.1, -0.05) is 152 Å². The highest BCUT2D eigenvalue weighted by Gasteiger charge is 2.24. The maximum atomic E-state index is 14.7. The van der Waals surface area contributed by atoms with E-state index in [-0.39, 0.29) is 25.2 Å². The van der Waals surface area contributed by atoms with Crippen LogP contribution in [0.15, 0.2) is 164 Å². The molecule has 7 aromatic rings. The molecule has 1 amide bonds. The van der Waals surface area contributed by atoms with E-state index in [0.29, 0.717) is 12.1 Å². The minimum absolute atomic E-state index is 0.0470. The Balaban J connectivity index is 1.22. The largest absolute Gasteiger partial charge is 0.389 e. The van der Waals surface area contributed by atoms with Gasteiger partial charge in [0.15, 0.2) is 0 Å². The minimum atomic E-state index is -0.932. The van der Waals surface area contributed by atoms with E-state index in [1.54, 1.807) is 4.90 Å². The summed E-state index contributed by atoms with van der Waals surface area (Å²) in [6.45, 7) is 0.466. The lowest BCUT2D eigenvalue weighted by molar-refractivity contribution is -0.00770. The zero-order valence-electron chi connectivity index (χ0n) is 26.5. The predicted molar refractivity (Wildman–Crippen MR) is 193 cm³/mol. The van der Waals surface area contributed by atoms with Gasteiger partial charge in [0.2, 0.25) is 0 Å². The van der Waals surface area contributed by atoms with Gasteiger partial charge in [0.1, 0.15) is 6.10 Å². The van der Waals surface area contributed by atoms with Crippen LogP contribution in [0.4, 0.5) is 0 Å². The van der Waals surface area contributed by atoms with E-state index < -0.39 is 6.10 Å². The summed E-state index contributed by atoms with van der Waals surface area (Å²) in [5.74, 6) is -0.180. The zero-order valence-corrected chi connectivity index (χ0v) is 26.5. The number of amides is 1. The number of benzene rings is 6. The summed E-state index contributed by atoms with van der Waals surface area (Å²) in [4.78, 5) is 21.4. The summed E-state index contributed by atoms with van der Waals surface area (Å²) < 4.78 is 6.40. The molecule has 0 aliphatic heterocycles. The van der Waals surface area contributed by atoms with Gasteiger partial charge in [0.25, 0.3) is 5.91 Å². The van der Waals surface area contributed by atoms with Gasteiger partial charge in [0, 0.05) is 24.0 Å². The Morgan fingerprint density at radius 3 is 1.96 bits per heavy atom. The average molecular weight is 629 g/mol. The SMILES string of the molecule is O=C(c1cc(-c2cccc3ccccc23)nc2ccccc12)N(Cc1ccccc1)CC(O)COC(c1ccccc1)c1ccccc1. The van der Waals surface area contributed by atoms with Gasteiger partial charge in [-0.25, -0.2) is 4.98 Å². The molecule has 6 aromatic carbocycles. The van der Waals surface area contributed by atoms with Crippen LogP contribution in [0.2, 0.25) is 0 Å². The lowest BCUT2D eigenvalue weighted by Gasteiger charge is -2.27. The summed E-state index contributed by atoms with van der Waals surface area (Å²) in [5, 5.41) is 14.4. The van der Waals surface area contributed by atoms with Crippen LogP contribution in [-0.4, -0.2) is 40.2 Å². The highest BCUT2D eigenvalue weighted by atomic mass is 16.5. The summed E-state index contributed by atoms with van der Waals surface area (Å²) in [6, 6.07) is 53.8. The number of rotatable bonds is 11. The molecule has 0 aliphatic carbocycles. The molecule has 1 N–H and O–H groups in total. The number of aliphatic hydroxyl groups is 1. The first kappa shape index (κ1) is 31.0.